The Labute approximate surface area is 391 Å². The van der Waals surface area contributed by atoms with Gasteiger partial charge in [0.25, 0.3) is 0 Å². The van der Waals surface area contributed by atoms with Gasteiger partial charge in [0.15, 0.2) is 19.7 Å². The summed E-state index contributed by atoms with van der Waals surface area (Å²) in [6.45, 7) is 4.01. The Morgan fingerprint density at radius 1 is 0.516 bits per heavy atom. The Kier molecular flexibility index (Phi) is 12.4. The minimum atomic E-state index is -1.66. The fraction of sp³-hybridized carbons (Fsp3) is 0.333. The van der Waals surface area contributed by atoms with Crippen LogP contribution in [0.3, 0.4) is 0 Å². The number of β-amino-alcohol motifs (C(OH)–C–C–N with tert-alkyl or cyclic N) is 4. The van der Waals surface area contributed by atoms with Crippen molar-refractivity contribution in [3.8, 4) is 0 Å². The standard InChI is InChI=1S/C48H50Cl4N8O4/c49-45-15-5-40(55-45)44(34-9-19-58(20-10-34)26-30-62)38-2-1-37(53-38)43(33-7-17-57(18-8-33)25-29-61)39-3-4-41(54-39)47(51,35-11-21-59(22-12-35)27-31-63)46(50)16-6-42(56-46)48(45,52)36-13-23-60(24-14-36)28-32-64/h1-17,19,21,23,53-54,61-64H,18,20,22,24-32H2. The maximum atomic E-state index is 9.73. The van der Waals surface area contributed by atoms with Crippen LogP contribution in [-0.4, -0.2) is 155 Å². The fourth-order valence-corrected chi connectivity index (χ4v) is 10.6. The number of nitrogens with one attached hydrogen (secondary N) is 2. The van der Waals surface area contributed by atoms with E-state index in [4.69, 9.17) is 56.4 Å². The number of aliphatic hydroxyl groups is 4. The molecular weight excluding hydrogens is 894 g/mol. The third-order valence-electron chi connectivity index (χ3n) is 12.6. The van der Waals surface area contributed by atoms with Crippen molar-refractivity contribution < 1.29 is 20.4 Å². The predicted molar refractivity (Wildman–Crippen MR) is 257 cm³/mol. The number of aromatic amines is 2. The maximum absolute atomic E-state index is 9.73. The Bertz CT molecular complexity index is 2700. The Hall–Kier alpha value is -4.76. The summed E-state index contributed by atoms with van der Waals surface area (Å²) in [5.41, 5.74) is 7.15. The van der Waals surface area contributed by atoms with Gasteiger partial charge < -0.3 is 50.0 Å². The molecule has 0 aromatic carbocycles. The van der Waals surface area contributed by atoms with E-state index in [1.165, 1.54) is 0 Å². The lowest BCUT2D eigenvalue weighted by molar-refractivity contribution is 0.244. The molecule has 4 unspecified atom stereocenters. The van der Waals surface area contributed by atoms with E-state index in [2.05, 4.69) is 22.1 Å². The number of halogens is 4. The molecule has 0 fully saturated rings. The first-order valence-corrected chi connectivity index (χ1v) is 22.9. The molecule has 7 aliphatic heterocycles. The molecule has 16 heteroatoms. The van der Waals surface area contributed by atoms with Gasteiger partial charge in [-0.1, -0.05) is 47.5 Å². The Balaban J connectivity index is 1.32. The highest BCUT2D eigenvalue weighted by Gasteiger charge is 2.60. The minimum Gasteiger partial charge on any atom is -0.395 e. The molecule has 7 aliphatic rings. The summed E-state index contributed by atoms with van der Waals surface area (Å²) in [6, 6.07) is 8.03. The molecule has 2 aromatic rings. The van der Waals surface area contributed by atoms with Crippen molar-refractivity contribution in [3.05, 3.63) is 166 Å². The zero-order chi connectivity index (χ0) is 44.7. The highest BCUT2D eigenvalue weighted by molar-refractivity contribution is 6.50. The molecule has 334 valence electrons. The third kappa shape index (κ3) is 7.71. The molecule has 0 saturated carbocycles. The number of aliphatic hydroxyl groups excluding tert-OH is 4. The van der Waals surface area contributed by atoms with Crippen LogP contribution in [0, 0.1) is 0 Å². The van der Waals surface area contributed by atoms with Crippen molar-refractivity contribution in [2.75, 3.05) is 78.8 Å². The average molecular weight is 945 g/mol. The van der Waals surface area contributed by atoms with Crippen molar-refractivity contribution in [1.29, 1.82) is 0 Å². The molecule has 9 rings (SSSR count). The van der Waals surface area contributed by atoms with Crippen molar-refractivity contribution in [2.45, 2.75) is 19.7 Å². The van der Waals surface area contributed by atoms with E-state index in [1.807, 2.05) is 117 Å². The van der Waals surface area contributed by atoms with E-state index in [9.17, 15) is 20.4 Å². The highest BCUT2D eigenvalue weighted by Crippen LogP contribution is 2.57. The lowest BCUT2D eigenvalue weighted by Crippen LogP contribution is -2.51. The number of H-pyrrole nitrogens is 2. The van der Waals surface area contributed by atoms with E-state index in [0.717, 1.165) is 38.7 Å². The second kappa shape index (κ2) is 17.9. The number of aliphatic imine (C=N–C) groups is 2. The van der Waals surface area contributed by atoms with Gasteiger partial charge in [-0.15, -0.1) is 23.2 Å². The van der Waals surface area contributed by atoms with E-state index in [-0.39, 0.29) is 26.4 Å². The molecule has 0 aliphatic carbocycles. The zero-order valence-electron chi connectivity index (χ0n) is 35.0. The number of hydrogen-bond acceptors (Lipinski definition) is 10. The van der Waals surface area contributed by atoms with Crippen LogP contribution in [0.5, 0.6) is 0 Å². The lowest BCUT2D eigenvalue weighted by Gasteiger charge is -2.41. The van der Waals surface area contributed by atoms with E-state index < -0.39 is 19.7 Å². The van der Waals surface area contributed by atoms with Crippen LogP contribution in [0.2, 0.25) is 0 Å². The number of nitrogens with zero attached hydrogens (tertiary/aromatic N) is 6. The van der Waals surface area contributed by atoms with Crippen LogP contribution in [0.1, 0.15) is 11.4 Å². The number of fused-ring (bicyclic) bond motifs is 6. The third-order valence-corrected chi connectivity index (χ3v) is 15.2. The van der Waals surface area contributed by atoms with Gasteiger partial charge in [-0.25, -0.2) is 0 Å². The Morgan fingerprint density at radius 2 is 1.00 bits per heavy atom. The van der Waals surface area contributed by atoms with Crippen LogP contribution < -0.4 is 10.7 Å². The molecule has 2 aromatic heterocycles. The summed E-state index contributed by atoms with van der Waals surface area (Å²) in [6.07, 6.45) is 31.1. The molecular formula is C48H50Cl4N8O4. The van der Waals surface area contributed by atoms with E-state index in [1.54, 1.807) is 12.2 Å². The van der Waals surface area contributed by atoms with Gasteiger partial charge in [0.2, 0.25) is 0 Å². The van der Waals surface area contributed by atoms with Crippen LogP contribution in [0.4, 0.5) is 0 Å². The van der Waals surface area contributed by atoms with Gasteiger partial charge in [-0.2, -0.15) is 0 Å². The second-order valence-electron chi connectivity index (χ2n) is 16.4. The normalized spacial score (nSPS) is 28.5. The van der Waals surface area contributed by atoms with Crippen molar-refractivity contribution in [1.82, 2.24) is 29.6 Å². The summed E-state index contributed by atoms with van der Waals surface area (Å²) in [4.78, 5) is 19.7. The lowest BCUT2D eigenvalue weighted by atomic mass is 9.84. The SMILES string of the molecule is OCCN1C=CC(C2=c3ccc([nH]3)=C(C3=CCN(CCO)C=C3)c3ccc([nH]3)C(Cl)(C3=CCN(CCO)C=C3)C3(Cl)C=CC(=N3)C(Cl)(C3=CCN(CCO)C=C3)C3(Cl)C=CC2=N3)=CC1. The largest absolute Gasteiger partial charge is 0.395 e. The monoisotopic (exact) mass is 942 g/mol. The molecule has 9 heterocycles. The average Bonchev–Trinajstić information content (AvgIpc) is 4.15. The van der Waals surface area contributed by atoms with E-state index in [0.29, 0.717) is 80.6 Å². The van der Waals surface area contributed by atoms with Crippen LogP contribution in [0.25, 0.3) is 11.1 Å². The molecule has 0 spiro atoms. The van der Waals surface area contributed by atoms with Gasteiger partial charge in [0.1, 0.15) is 0 Å². The first kappa shape index (κ1) is 44.4. The quantitative estimate of drug-likeness (QED) is 0.138. The first-order chi connectivity index (χ1) is 31.0. The van der Waals surface area contributed by atoms with Crippen LogP contribution >= 0.6 is 46.4 Å². The number of alkyl halides is 4. The summed E-state index contributed by atoms with van der Waals surface area (Å²) < 4.78 is 0. The molecule has 4 atom stereocenters. The molecule has 12 nitrogen and oxygen atoms in total. The fourth-order valence-electron chi connectivity index (χ4n) is 9.18. The van der Waals surface area contributed by atoms with Crippen molar-refractivity contribution in [2.24, 2.45) is 9.98 Å². The summed E-state index contributed by atoms with van der Waals surface area (Å²) in [7, 11) is 0. The summed E-state index contributed by atoms with van der Waals surface area (Å²) in [5.74, 6) is 0. The molecule has 0 radical (unpaired) electrons. The molecule has 6 N–H and O–H groups in total. The summed E-state index contributed by atoms with van der Waals surface area (Å²) >= 11 is 32.0. The van der Waals surface area contributed by atoms with Crippen LogP contribution in [0.15, 0.2) is 154 Å². The van der Waals surface area contributed by atoms with Crippen molar-refractivity contribution in [3.63, 3.8) is 0 Å². The Morgan fingerprint density at radius 3 is 1.52 bits per heavy atom. The van der Waals surface area contributed by atoms with Gasteiger partial charge in [0.05, 0.1) is 37.9 Å². The number of allylic oxidation sites excluding steroid dienone is 8. The number of rotatable bonds is 12. The zero-order valence-corrected chi connectivity index (χ0v) is 38.0. The smallest absolute Gasteiger partial charge is 0.181 e. The molecule has 64 heavy (non-hydrogen) atoms. The molecule has 8 bridgehead atoms. The molecule has 0 saturated heterocycles. The maximum Gasteiger partial charge on any atom is 0.181 e. The first-order valence-electron chi connectivity index (χ1n) is 21.4. The molecule has 0 amide bonds. The number of hydrogen-bond donors (Lipinski definition) is 6. The van der Waals surface area contributed by atoms with Crippen LogP contribution in [-0.2, 0) is 4.87 Å². The highest BCUT2D eigenvalue weighted by atomic mass is 35.5. The van der Waals surface area contributed by atoms with Crippen molar-refractivity contribution >= 4 is 69.0 Å². The number of aromatic nitrogens is 2. The van der Waals surface area contributed by atoms with Gasteiger partial charge >= 0.3 is 0 Å². The topological polar surface area (TPSA) is 150 Å². The summed E-state index contributed by atoms with van der Waals surface area (Å²) in [5, 5.41) is 40.5. The van der Waals surface area contributed by atoms with E-state index >= 15 is 0 Å². The minimum absolute atomic E-state index is 0.00799. The predicted octanol–water partition coefficient (Wildman–Crippen LogP) is 4.00. The van der Waals surface area contributed by atoms with Gasteiger partial charge in [-0.3, -0.25) is 9.98 Å². The van der Waals surface area contributed by atoms with Gasteiger partial charge in [-0.05, 0) is 108 Å². The second-order valence-corrected chi connectivity index (χ2v) is 18.7. The van der Waals surface area contributed by atoms with Gasteiger partial charge in [0, 0.05) is 98.0 Å².